The van der Waals surface area contributed by atoms with Crippen molar-refractivity contribution in [3.8, 4) is 5.75 Å². The first-order valence-electron chi connectivity index (χ1n) is 10.4. The van der Waals surface area contributed by atoms with Crippen LogP contribution in [0, 0.1) is 12.7 Å². The van der Waals surface area contributed by atoms with E-state index in [0.29, 0.717) is 59.1 Å². The van der Waals surface area contributed by atoms with Crippen molar-refractivity contribution in [1.29, 1.82) is 0 Å². The molecule has 0 amide bonds. The molecule has 1 aromatic carbocycles. The Balaban J connectivity index is 1.80. The molecule has 0 saturated carbocycles. The molecule has 172 valence electrons. The summed E-state index contributed by atoms with van der Waals surface area (Å²) in [5.74, 6) is -0.0623. The molecule has 4 rings (SSSR count). The molecule has 8 nitrogen and oxygen atoms in total. The summed E-state index contributed by atoms with van der Waals surface area (Å²) in [7, 11) is 0. The number of nitrogen functional groups attached to an aromatic ring is 1. The third-order valence-corrected chi connectivity index (χ3v) is 6.08. The van der Waals surface area contributed by atoms with Crippen molar-refractivity contribution < 1.29 is 18.6 Å². The molecule has 0 bridgehead atoms. The molecule has 11 heteroatoms. The lowest BCUT2D eigenvalue weighted by Gasteiger charge is -2.40. The predicted octanol–water partition coefficient (Wildman–Crippen LogP) is 3.20. The first-order valence-corrected chi connectivity index (χ1v) is 10.7. The van der Waals surface area contributed by atoms with E-state index in [1.54, 1.807) is 15.6 Å². The fourth-order valence-electron chi connectivity index (χ4n) is 4.32. The molecule has 1 fully saturated rings. The largest absolute Gasteiger partial charge is 0.493 e. The number of hydrogen-bond donors (Lipinski definition) is 2. The first-order chi connectivity index (χ1) is 15.2. The van der Waals surface area contributed by atoms with Crippen LogP contribution >= 0.6 is 11.6 Å². The number of fused-ring (bicyclic) bond motifs is 1. The Morgan fingerprint density at radius 3 is 2.75 bits per heavy atom. The lowest BCUT2D eigenvalue weighted by Crippen LogP contribution is -2.48. The van der Waals surface area contributed by atoms with Gasteiger partial charge < -0.3 is 15.6 Å². The third kappa shape index (κ3) is 3.87. The van der Waals surface area contributed by atoms with Crippen LogP contribution in [0.3, 0.4) is 0 Å². The molecule has 1 aliphatic rings. The molecule has 1 unspecified atom stereocenters. The van der Waals surface area contributed by atoms with Gasteiger partial charge in [0.2, 0.25) is 6.36 Å². The van der Waals surface area contributed by atoms with Crippen molar-refractivity contribution in [1.82, 2.24) is 24.6 Å². The second-order valence-corrected chi connectivity index (χ2v) is 8.36. The minimum atomic E-state index is -1.94. The molecular weight excluding hydrogens is 442 g/mol. The van der Waals surface area contributed by atoms with E-state index in [1.165, 1.54) is 6.33 Å². The van der Waals surface area contributed by atoms with Gasteiger partial charge in [-0.05, 0) is 26.8 Å². The van der Waals surface area contributed by atoms with Gasteiger partial charge in [-0.1, -0.05) is 11.6 Å². The molecule has 3 heterocycles. The normalized spacial score (nSPS) is 16.8. The number of benzene rings is 1. The summed E-state index contributed by atoms with van der Waals surface area (Å²) in [4.78, 5) is 10.1. The average Bonchev–Trinajstić information content (AvgIpc) is 3.05. The number of aromatic nitrogens is 4. The Hall–Kier alpha value is -2.56. The lowest BCUT2D eigenvalue weighted by atomic mass is 9.87. The van der Waals surface area contributed by atoms with E-state index in [2.05, 4.69) is 15.1 Å². The number of halogens is 3. The molecule has 2 aromatic heterocycles. The fourth-order valence-corrected chi connectivity index (χ4v) is 4.53. The minimum absolute atomic E-state index is 0.0309. The van der Waals surface area contributed by atoms with Crippen LogP contribution in [0.25, 0.3) is 11.0 Å². The van der Waals surface area contributed by atoms with Crippen LogP contribution in [-0.2, 0) is 0 Å². The molecule has 2 atom stereocenters. The van der Waals surface area contributed by atoms with Gasteiger partial charge in [0.25, 0.3) is 0 Å². The van der Waals surface area contributed by atoms with Gasteiger partial charge in [0, 0.05) is 30.1 Å². The molecule has 1 saturated heterocycles. The van der Waals surface area contributed by atoms with Crippen LogP contribution in [0.4, 0.5) is 14.6 Å². The second-order valence-electron chi connectivity index (χ2n) is 7.95. The van der Waals surface area contributed by atoms with Crippen LogP contribution in [0.5, 0.6) is 5.75 Å². The van der Waals surface area contributed by atoms with Gasteiger partial charge >= 0.3 is 0 Å². The highest BCUT2D eigenvalue weighted by atomic mass is 35.5. The van der Waals surface area contributed by atoms with E-state index in [4.69, 9.17) is 27.2 Å². The average molecular weight is 467 g/mol. The summed E-state index contributed by atoms with van der Waals surface area (Å²) in [5, 5.41) is 14.2. The van der Waals surface area contributed by atoms with E-state index in [1.807, 2.05) is 20.8 Å². The van der Waals surface area contributed by atoms with E-state index >= 15 is 4.39 Å². The van der Waals surface area contributed by atoms with Crippen LogP contribution in [0.1, 0.15) is 42.6 Å². The van der Waals surface area contributed by atoms with Crippen LogP contribution < -0.4 is 10.5 Å². The summed E-state index contributed by atoms with van der Waals surface area (Å²) in [6, 6.07) is 1.15. The topological polar surface area (TPSA) is 102 Å². The first kappa shape index (κ1) is 22.6. The summed E-state index contributed by atoms with van der Waals surface area (Å²) < 4.78 is 35.7. The van der Waals surface area contributed by atoms with E-state index < -0.39 is 18.2 Å². The lowest BCUT2D eigenvalue weighted by molar-refractivity contribution is -0.0141. The number of aryl methyl sites for hydroxylation is 1. The minimum Gasteiger partial charge on any atom is -0.493 e. The number of ether oxygens (including phenoxy) is 1. The van der Waals surface area contributed by atoms with Gasteiger partial charge in [-0.2, -0.15) is 5.10 Å². The maximum atomic E-state index is 15.2. The van der Waals surface area contributed by atoms with Crippen molar-refractivity contribution in [2.75, 3.05) is 32.0 Å². The molecule has 3 N–H and O–H groups in total. The van der Waals surface area contributed by atoms with Crippen molar-refractivity contribution in [3.05, 3.63) is 40.1 Å². The zero-order valence-corrected chi connectivity index (χ0v) is 18.8. The zero-order chi connectivity index (χ0) is 23.2. The maximum Gasteiger partial charge on any atom is 0.209 e. The highest BCUT2D eigenvalue weighted by Crippen LogP contribution is 2.43. The Labute approximate surface area is 189 Å². The number of β-amino-alcohol motifs (C(OH)–C–C–N with tert-alkyl or cyclic N) is 1. The highest BCUT2D eigenvalue weighted by Gasteiger charge is 2.36. The number of rotatable bonds is 7. The number of hydrogen-bond acceptors (Lipinski definition) is 7. The van der Waals surface area contributed by atoms with Crippen molar-refractivity contribution >= 4 is 28.5 Å². The summed E-state index contributed by atoms with van der Waals surface area (Å²) in [5.41, 5.74) is 8.26. The van der Waals surface area contributed by atoms with Gasteiger partial charge in [-0.3, -0.25) is 4.90 Å². The van der Waals surface area contributed by atoms with Crippen molar-refractivity contribution in [2.24, 2.45) is 0 Å². The third-order valence-electron chi connectivity index (χ3n) is 5.81. The van der Waals surface area contributed by atoms with Crippen LogP contribution in [-0.4, -0.2) is 62.4 Å². The summed E-state index contributed by atoms with van der Waals surface area (Å²) in [6.45, 7) is 6.51. The Morgan fingerprint density at radius 1 is 1.38 bits per heavy atom. The highest BCUT2D eigenvalue weighted by molar-refractivity contribution is 6.31. The number of aliphatic hydroxyl groups is 1. The van der Waals surface area contributed by atoms with Crippen molar-refractivity contribution in [2.45, 2.75) is 39.1 Å². The number of nitrogens with zero attached hydrogens (tertiary/aromatic N) is 5. The van der Waals surface area contributed by atoms with Crippen LogP contribution in [0.15, 0.2) is 12.4 Å². The van der Waals surface area contributed by atoms with Gasteiger partial charge in [0.05, 0.1) is 35.3 Å². The number of aliphatic hydroxyl groups excluding tert-OH is 1. The van der Waals surface area contributed by atoms with Gasteiger partial charge in [-0.15, -0.1) is 0 Å². The monoisotopic (exact) mass is 466 g/mol. The number of likely N-dealkylation sites (tertiary alicyclic amines) is 1. The molecular formula is C21H25ClF2N6O2. The number of alkyl halides is 1. The van der Waals surface area contributed by atoms with Gasteiger partial charge in [-0.25, -0.2) is 23.4 Å². The Bertz CT molecular complexity index is 1150. The quantitative estimate of drug-likeness (QED) is 0.551. The zero-order valence-electron chi connectivity index (χ0n) is 18.0. The maximum absolute atomic E-state index is 15.2. The molecule has 0 spiro atoms. The Kier molecular flexibility index (Phi) is 6.19. The van der Waals surface area contributed by atoms with Gasteiger partial charge in [0.15, 0.2) is 5.65 Å². The summed E-state index contributed by atoms with van der Waals surface area (Å²) in [6.07, 6.45) is -0.565. The standard InChI is InChI=1S/C21H25ClF2N6O2/c1-4-32-19-13(11(3)30-21-16(10(2)28-30)20(25)26-9-27-21)5-14(22)18(24)17(19)12-6-29(7-12)8-15(23)31/h5,9,11-12,15,31H,4,6-8H2,1-3H3,(H2,25,26,27)/t11?,15-/m1/s1. The van der Waals surface area contributed by atoms with Crippen LogP contribution in [0.2, 0.25) is 5.02 Å². The molecule has 1 aliphatic heterocycles. The number of nitrogens with two attached hydrogens (primary N) is 1. The van der Waals surface area contributed by atoms with Crippen molar-refractivity contribution in [3.63, 3.8) is 0 Å². The SMILES string of the molecule is CCOc1c(C(C)n2nc(C)c3c(N)ncnc32)cc(Cl)c(F)c1C1CN(C[C@@H](O)F)C1. The van der Waals surface area contributed by atoms with E-state index in [9.17, 15) is 4.39 Å². The summed E-state index contributed by atoms with van der Waals surface area (Å²) >= 11 is 6.30. The van der Waals surface area contributed by atoms with Gasteiger partial charge in [0.1, 0.15) is 23.7 Å². The molecule has 0 aliphatic carbocycles. The van der Waals surface area contributed by atoms with E-state index in [-0.39, 0.29) is 17.5 Å². The Morgan fingerprint density at radius 2 is 2.09 bits per heavy atom. The smallest absolute Gasteiger partial charge is 0.209 e. The molecule has 32 heavy (non-hydrogen) atoms. The predicted molar refractivity (Wildman–Crippen MR) is 117 cm³/mol. The molecule has 0 radical (unpaired) electrons. The second kappa shape index (κ2) is 8.76. The number of anilines is 1. The fraction of sp³-hybridized carbons (Fsp3) is 0.476. The van der Waals surface area contributed by atoms with E-state index in [0.717, 1.165) is 0 Å². The molecule has 3 aromatic rings.